The van der Waals surface area contributed by atoms with Gasteiger partial charge in [0.25, 0.3) is 0 Å². The fourth-order valence-electron chi connectivity index (χ4n) is 2.41. The van der Waals surface area contributed by atoms with Crippen molar-refractivity contribution in [3.05, 3.63) is 64.7 Å². The van der Waals surface area contributed by atoms with E-state index in [1.165, 1.54) is 7.11 Å². The van der Waals surface area contributed by atoms with E-state index in [9.17, 15) is 9.59 Å². The molecule has 0 aliphatic rings. The van der Waals surface area contributed by atoms with E-state index in [0.29, 0.717) is 23.5 Å². The molecule has 0 amide bonds. The van der Waals surface area contributed by atoms with Crippen LogP contribution in [0.1, 0.15) is 52.6 Å². The van der Waals surface area contributed by atoms with Crippen molar-refractivity contribution in [1.29, 1.82) is 0 Å². The Morgan fingerprint density at radius 3 is 2.29 bits per heavy atom. The lowest BCUT2D eigenvalue weighted by Crippen LogP contribution is -2.14. The largest absolute Gasteiger partial charge is 0.488 e. The highest BCUT2D eigenvalue weighted by atomic mass is 16.5. The van der Waals surface area contributed by atoms with E-state index in [0.717, 1.165) is 17.4 Å². The highest BCUT2D eigenvalue weighted by Crippen LogP contribution is 2.34. The molecule has 0 heterocycles. The van der Waals surface area contributed by atoms with E-state index in [4.69, 9.17) is 4.74 Å². The van der Waals surface area contributed by atoms with Gasteiger partial charge in [0.15, 0.2) is 6.29 Å². The normalized spacial score (nSPS) is 11.0. The summed E-state index contributed by atoms with van der Waals surface area (Å²) in [6.07, 6.45) is 0.810. The zero-order valence-electron chi connectivity index (χ0n) is 14.5. The molecule has 0 saturated carbocycles. The molecule has 4 nitrogen and oxygen atoms in total. The highest BCUT2D eigenvalue weighted by molar-refractivity contribution is 5.89. The van der Waals surface area contributed by atoms with E-state index in [1.54, 1.807) is 18.2 Å². The van der Waals surface area contributed by atoms with Crippen LogP contribution in [0.15, 0.2) is 42.5 Å². The molecule has 0 aliphatic heterocycles. The summed E-state index contributed by atoms with van der Waals surface area (Å²) in [5, 5.41) is 0. The van der Waals surface area contributed by atoms with Crippen LogP contribution in [0.25, 0.3) is 0 Å². The van der Waals surface area contributed by atoms with E-state index < -0.39 is 0 Å². The van der Waals surface area contributed by atoms with Crippen molar-refractivity contribution < 1.29 is 19.1 Å². The zero-order valence-corrected chi connectivity index (χ0v) is 14.5. The number of aldehydes is 1. The first-order valence-electron chi connectivity index (χ1n) is 7.75. The van der Waals surface area contributed by atoms with Crippen molar-refractivity contribution in [2.24, 2.45) is 0 Å². The predicted molar refractivity (Wildman–Crippen MR) is 92.6 cm³/mol. The van der Waals surface area contributed by atoms with Gasteiger partial charge >= 0.3 is 5.97 Å². The first kappa shape index (κ1) is 17.7. The highest BCUT2D eigenvalue weighted by Gasteiger charge is 2.21. The van der Waals surface area contributed by atoms with Gasteiger partial charge in [-0.2, -0.15) is 0 Å². The summed E-state index contributed by atoms with van der Waals surface area (Å²) in [5.74, 6) is 0.237. The Bertz CT molecular complexity index is 724. The van der Waals surface area contributed by atoms with Crippen molar-refractivity contribution in [2.75, 3.05) is 7.11 Å². The summed E-state index contributed by atoms with van der Waals surface area (Å²) in [5.41, 5.74) is 2.78. The van der Waals surface area contributed by atoms with Gasteiger partial charge in [0.2, 0.25) is 0 Å². The summed E-state index contributed by atoms with van der Waals surface area (Å²) >= 11 is 0. The number of rotatable bonds is 5. The third kappa shape index (κ3) is 4.02. The Morgan fingerprint density at radius 2 is 1.75 bits per heavy atom. The molecule has 0 saturated heterocycles. The Balaban J connectivity index is 2.23. The maximum absolute atomic E-state index is 11.5. The fraction of sp³-hybridized carbons (Fsp3) is 0.300. The first-order valence-corrected chi connectivity index (χ1v) is 7.75. The predicted octanol–water partition coefficient (Wildman–Crippen LogP) is 4.16. The van der Waals surface area contributed by atoms with Gasteiger partial charge < -0.3 is 9.47 Å². The SMILES string of the molecule is COC(=O)c1ccc(COc2c(C=O)cccc2C(C)(C)C)cc1. The van der Waals surface area contributed by atoms with E-state index in [1.807, 2.05) is 24.3 Å². The van der Waals surface area contributed by atoms with Crippen LogP contribution in [0.4, 0.5) is 0 Å². The molecule has 0 spiro atoms. The first-order chi connectivity index (χ1) is 11.4. The Kier molecular flexibility index (Phi) is 5.39. The molecule has 126 valence electrons. The molecule has 2 aromatic carbocycles. The van der Waals surface area contributed by atoms with Gasteiger partial charge in [-0.3, -0.25) is 4.79 Å². The van der Waals surface area contributed by atoms with Crippen molar-refractivity contribution in [2.45, 2.75) is 32.8 Å². The molecule has 2 aromatic rings. The minimum Gasteiger partial charge on any atom is -0.488 e. The topological polar surface area (TPSA) is 52.6 Å². The lowest BCUT2D eigenvalue weighted by atomic mass is 9.85. The van der Waals surface area contributed by atoms with Gasteiger partial charge in [-0.15, -0.1) is 0 Å². The molecule has 0 aliphatic carbocycles. The average Bonchev–Trinajstić information content (AvgIpc) is 2.58. The third-order valence-corrected chi connectivity index (χ3v) is 3.74. The zero-order chi connectivity index (χ0) is 17.7. The van der Waals surface area contributed by atoms with Gasteiger partial charge in [-0.25, -0.2) is 4.79 Å². The van der Waals surface area contributed by atoms with Crippen LogP contribution < -0.4 is 4.74 Å². The van der Waals surface area contributed by atoms with Gasteiger partial charge in [0.05, 0.1) is 18.2 Å². The van der Waals surface area contributed by atoms with Crippen molar-refractivity contribution in [3.63, 3.8) is 0 Å². The van der Waals surface area contributed by atoms with E-state index in [2.05, 4.69) is 25.5 Å². The van der Waals surface area contributed by atoms with Gasteiger partial charge in [-0.1, -0.05) is 45.0 Å². The minimum atomic E-state index is -0.371. The number of hydrogen-bond donors (Lipinski definition) is 0. The summed E-state index contributed by atoms with van der Waals surface area (Å²) in [6, 6.07) is 12.6. The molecule has 2 rings (SSSR count). The van der Waals surface area contributed by atoms with E-state index in [-0.39, 0.29) is 11.4 Å². The number of para-hydroxylation sites is 1. The van der Waals surface area contributed by atoms with Crippen LogP contribution in [0.3, 0.4) is 0 Å². The molecular formula is C20H22O4. The van der Waals surface area contributed by atoms with Gasteiger partial charge in [0, 0.05) is 5.56 Å². The molecule has 24 heavy (non-hydrogen) atoms. The van der Waals surface area contributed by atoms with Crippen molar-refractivity contribution in [1.82, 2.24) is 0 Å². The standard InChI is InChI=1S/C20H22O4/c1-20(2,3)17-7-5-6-16(12-21)18(17)24-13-14-8-10-15(11-9-14)19(22)23-4/h5-12H,13H2,1-4H3. The molecule has 0 radical (unpaired) electrons. The number of benzene rings is 2. The summed E-state index contributed by atoms with van der Waals surface area (Å²) in [7, 11) is 1.35. The second-order valence-corrected chi connectivity index (χ2v) is 6.57. The van der Waals surface area contributed by atoms with Gasteiger partial charge in [-0.05, 0) is 29.2 Å². The van der Waals surface area contributed by atoms with Crippen LogP contribution in [-0.4, -0.2) is 19.4 Å². The molecule has 0 aromatic heterocycles. The molecule has 0 atom stereocenters. The van der Waals surface area contributed by atoms with Gasteiger partial charge in [0.1, 0.15) is 12.4 Å². The monoisotopic (exact) mass is 326 g/mol. The minimum absolute atomic E-state index is 0.136. The second-order valence-electron chi connectivity index (χ2n) is 6.57. The third-order valence-electron chi connectivity index (χ3n) is 3.74. The molecule has 0 bridgehead atoms. The van der Waals surface area contributed by atoms with Crippen molar-refractivity contribution >= 4 is 12.3 Å². The second kappa shape index (κ2) is 7.30. The van der Waals surface area contributed by atoms with E-state index >= 15 is 0 Å². The number of ether oxygens (including phenoxy) is 2. The van der Waals surface area contributed by atoms with Crippen molar-refractivity contribution in [3.8, 4) is 5.75 Å². The van der Waals surface area contributed by atoms with Crippen LogP contribution in [-0.2, 0) is 16.8 Å². The van der Waals surface area contributed by atoms with Crippen LogP contribution >= 0.6 is 0 Å². The quantitative estimate of drug-likeness (QED) is 0.611. The number of esters is 1. The number of carbonyl (C=O) groups excluding carboxylic acids is 2. The molecule has 0 unspecified atom stereocenters. The fourth-order valence-corrected chi connectivity index (χ4v) is 2.41. The summed E-state index contributed by atoms with van der Waals surface area (Å²) in [4.78, 5) is 22.8. The molecule has 4 heteroatoms. The number of carbonyl (C=O) groups is 2. The van der Waals surface area contributed by atoms with Crippen LogP contribution in [0.5, 0.6) is 5.75 Å². The maximum atomic E-state index is 11.5. The Hall–Kier alpha value is -2.62. The average molecular weight is 326 g/mol. The lowest BCUT2D eigenvalue weighted by molar-refractivity contribution is 0.0600. The number of hydrogen-bond acceptors (Lipinski definition) is 4. The molecule has 0 fully saturated rings. The summed E-state index contributed by atoms with van der Waals surface area (Å²) < 4.78 is 10.6. The molecule has 0 N–H and O–H groups in total. The maximum Gasteiger partial charge on any atom is 0.337 e. The Morgan fingerprint density at radius 1 is 1.08 bits per heavy atom. The lowest BCUT2D eigenvalue weighted by Gasteiger charge is -2.24. The summed E-state index contributed by atoms with van der Waals surface area (Å²) in [6.45, 7) is 6.55. The Labute approximate surface area is 142 Å². The molecular weight excluding hydrogens is 304 g/mol. The number of methoxy groups -OCH3 is 1. The van der Waals surface area contributed by atoms with Crippen LogP contribution in [0.2, 0.25) is 0 Å². The smallest absolute Gasteiger partial charge is 0.337 e. The van der Waals surface area contributed by atoms with Crippen LogP contribution in [0, 0.1) is 0 Å².